The third kappa shape index (κ3) is 7.86. The summed E-state index contributed by atoms with van der Waals surface area (Å²) >= 11 is 0. The molecule has 48 heavy (non-hydrogen) atoms. The van der Waals surface area contributed by atoms with Crippen molar-refractivity contribution in [2.24, 2.45) is 0 Å². The zero-order valence-electron chi connectivity index (χ0n) is 27.5. The predicted molar refractivity (Wildman–Crippen MR) is 186 cm³/mol. The summed E-state index contributed by atoms with van der Waals surface area (Å²) in [6.07, 6.45) is 8.60. The summed E-state index contributed by atoms with van der Waals surface area (Å²) in [5, 5.41) is 12.6. The summed E-state index contributed by atoms with van der Waals surface area (Å²) < 4.78 is 13.4. The summed E-state index contributed by atoms with van der Waals surface area (Å²) in [4.78, 5) is 22.0. The van der Waals surface area contributed by atoms with Gasteiger partial charge in [0.05, 0.1) is 24.4 Å². The molecule has 4 heterocycles. The Bertz CT molecular complexity index is 1630. The molecule has 8 nitrogen and oxygen atoms in total. The van der Waals surface area contributed by atoms with Crippen molar-refractivity contribution in [1.29, 1.82) is 0 Å². The molecule has 1 amide bonds. The molecule has 0 bridgehead atoms. The number of aromatic nitrogens is 1. The second kappa shape index (κ2) is 15.5. The lowest BCUT2D eigenvalue weighted by atomic mass is 9.97. The molecule has 0 spiro atoms. The number of aliphatic hydroxyl groups is 1. The molecule has 3 fully saturated rings. The van der Waals surface area contributed by atoms with Crippen molar-refractivity contribution in [3.05, 3.63) is 125 Å². The number of nitrogens with zero attached hydrogens (tertiary/aromatic N) is 3. The fourth-order valence-electron chi connectivity index (χ4n) is 7.45. The van der Waals surface area contributed by atoms with Crippen LogP contribution in [-0.4, -0.2) is 70.7 Å². The molecular weight excluding hydrogens is 600 g/mol. The van der Waals surface area contributed by atoms with E-state index in [1.807, 2.05) is 30.3 Å². The van der Waals surface area contributed by atoms with Crippen LogP contribution in [0.3, 0.4) is 0 Å². The van der Waals surface area contributed by atoms with Crippen molar-refractivity contribution in [2.75, 3.05) is 32.7 Å². The first kappa shape index (κ1) is 32.6. The molecule has 0 radical (unpaired) electrons. The molecule has 1 aromatic heterocycles. The Labute approximate surface area is 283 Å². The average molecular weight is 647 g/mol. The fraction of sp³-hybridized carbons (Fsp3) is 0.400. The van der Waals surface area contributed by atoms with Crippen LogP contribution >= 0.6 is 0 Å². The van der Waals surface area contributed by atoms with Gasteiger partial charge in [0.25, 0.3) is 5.91 Å². The van der Waals surface area contributed by atoms with E-state index in [2.05, 4.69) is 62.6 Å². The van der Waals surface area contributed by atoms with Crippen LogP contribution in [0.15, 0.2) is 97.3 Å². The Morgan fingerprint density at radius 2 is 1.65 bits per heavy atom. The van der Waals surface area contributed by atoms with E-state index in [-0.39, 0.29) is 24.7 Å². The standard InChI is InChI=1S/C40H46N4O4/c45-28-29-11-13-31(14-12-29)38-23-36(27-44-22-6-9-35(44)26-43-20-3-4-21-43)47-40(48-38)32-17-15-30(16-18-32)37-10-2-1-7-33(37)25-42-39(46)34-8-5-19-41-24-34/h1-2,5,7-8,10-19,24,35-36,38,40,45H,3-4,6,9,20-23,25-28H2,(H,42,46). The average Bonchev–Trinajstić information content (AvgIpc) is 3.83. The van der Waals surface area contributed by atoms with Gasteiger partial charge in [0.1, 0.15) is 0 Å². The normalized spacial score (nSPS) is 23.4. The quantitative estimate of drug-likeness (QED) is 0.199. The maximum Gasteiger partial charge on any atom is 0.253 e. The van der Waals surface area contributed by atoms with E-state index < -0.39 is 6.29 Å². The maximum atomic E-state index is 12.7. The minimum Gasteiger partial charge on any atom is -0.392 e. The van der Waals surface area contributed by atoms with Crippen molar-refractivity contribution in [3.63, 3.8) is 0 Å². The molecule has 2 N–H and O–H groups in total. The van der Waals surface area contributed by atoms with Gasteiger partial charge in [-0.1, -0.05) is 72.8 Å². The number of likely N-dealkylation sites (tertiary alicyclic amines) is 2. The fourth-order valence-corrected chi connectivity index (χ4v) is 7.45. The number of amides is 1. The predicted octanol–water partition coefficient (Wildman–Crippen LogP) is 6.28. The highest BCUT2D eigenvalue weighted by Gasteiger charge is 2.36. The highest BCUT2D eigenvalue weighted by molar-refractivity contribution is 5.93. The van der Waals surface area contributed by atoms with Crippen LogP contribution in [0.1, 0.15) is 77.1 Å². The number of benzene rings is 3. The summed E-state index contributed by atoms with van der Waals surface area (Å²) in [5.74, 6) is -0.147. The highest BCUT2D eigenvalue weighted by Crippen LogP contribution is 2.39. The molecule has 8 heteroatoms. The number of pyridine rings is 1. The molecule has 4 unspecified atom stereocenters. The Kier molecular flexibility index (Phi) is 10.6. The first-order valence-corrected chi connectivity index (χ1v) is 17.5. The first-order valence-electron chi connectivity index (χ1n) is 17.5. The molecular formula is C40H46N4O4. The van der Waals surface area contributed by atoms with E-state index in [0.717, 1.165) is 59.4 Å². The van der Waals surface area contributed by atoms with Gasteiger partial charge in [-0.05, 0) is 85.3 Å². The minimum atomic E-state index is -0.492. The van der Waals surface area contributed by atoms with Crippen LogP contribution < -0.4 is 5.32 Å². The molecule has 250 valence electrons. The number of rotatable bonds is 11. The van der Waals surface area contributed by atoms with Gasteiger partial charge in [0, 0.05) is 50.1 Å². The van der Waals surface area contributed by atoms with Crippen molar-refractivity contribution >= 4 is 5.91 Å². The van der Waals surface area contributed by atoms with Gasteiger partial charge < -0.3 is 24.8 Å². The summed E-state index contributed by atoms with van der Waals surface area (Å²) in [6.45, 7) is 6.08. The molecule has 3 aliphatic rings. The number of hydrogen-bond acceptors (Lipinski definition) is 7. The third-order valence-corrected chi connectivity index (χ3v) is 10.1. The van der Waals surface area contributed by atoms with Gasteiger partial charge in [0.2, 0.25) is 0 Å². The van der Waals surface area contributed by atoms with E-state index in [4.69, 9.17) is 9.47 Å². The van der Waals surface area contributed by atoms with Crippen molar-refractivity contribution in [2.45, 2.75) is 69.8 Å². The Hall–Kier alpha value is -3.92. The molecule has 7 rings (SSSR count). The Morgan fingerprint density at radius 1 is 0.854 bits per heavy atom. The lowest BCUT2D eigenvalue weighted by molar-refractivity contribution is -0.253. The Balaban J connectivity index is 1.07. The third-order valence-electron chi connectivity index (χ3n) is 10.1. The number of carbonyl (C=O) groups is 1. The van der Waals surface area contributed by atoms with Gasteiger partial charge >= 0.3 is 0 Å². The molecule has 3 aromatic carbocycles. The molecule has 0 aliphatic carbocycles. The molecule has 3 saturated heterocycles. The molecule has 4 aromatic rings. The first-order chi connectivity index (χ1) is 23.6. The largest absolute Gasteiger partial charge is 0.392 e. The van der Waals surface area contributed by atoms with Gasteiger partial charge in [-0.25, -0.2) is 0 Å². The highest BCUT2D eigenvalue weighted by atomic mass is 16.7. The molecule has 0 saturated carbocycles. The summed E-state index contributed by atoms with van der Waals surface area (Å²) in [6, 6.07) is 28.8. The lowest BCUT2D eigenvalue weighted by Gasteiger charge is -2.39. The van der Waals surface area contributed by atoms with Crippen molar-refractivity contribution in [3.8, 4) is 11.1 Å². The summed E-state index contributed by atoms with van der Waals surface area (Å²) in [5.41, 5.74) is 6.70. The zero-order chi connectivity index (χ0) is 32.7. The van der Waals surface area contributed by atoms with Gasteiger partial charge in [-0.2, -0.15) is 0 Å². The topological polar surface area (TPSA) is 87.2 Å². The van der Waals surface area contributed by atoms with E-state index in [9.17, 15) is 9.90 Å². The van der Waals surface area contributed by atoms with E-state index >= 15 is 0 Å². The van der Waals surface area contributed by atoms with Gasteiger partial charge in [0.15, 0.2) is 6.29 Å². The van der Waals surface area contributed by atoms with E-state index in [1.165, 1.54) is 38.8 Å². The molecule has 4 atom stereocenters. The van der Waals surface area contributed by atoms with Crippen LogP contribution in [0.2, 0.25) is 0 Å². The number of aliphatic hydroxyl groups excluding tert-OH is 1. The van der Waals surface area contributed by atoms with Gasteiger partial charge in [-0.3, -0.25) is 14.7 Å². The monoisotopic (exact) mass is 646 g/mol. The Morgan fingerprint density at radius 3 is 2.42 bits per heavy atom. The van der Waals surface area contributed by atoms with Crippen molar-refractivity contribution < 1.29 is 19.4 Å². The smallest absolute Gasteiger partial charge is 0.253 e. The van der Waals surface area contributed by atoms with E-state index in [1.54, 1.807) is 24.5 Å². The van der Waals surface area contributed by atoms with Crippen LogP contribution in [0, 0.1) is 0 Å². The van der Waals surface area contributed by atoms with E-state index in [0.29, 0.717) is 18.2 Å². The minimum absolute atomic E-state index is 0.0277. The zero-order valence-corrected chi connectivity index (χ0v) is 27.5. The van der Waals surface area contributed by atoms with Crippen molar-refractivity contribution in [1.82, 2.24) is 20.1 Å². The van der Waals surface area contributed by atoms with Crippen LogP contribution in [0.25, 0.3) is 11.1 Å². The lowest BCUT2D eigenvalue weighted by Crippen LogP contribution is -2.45. The second-order valence-electron chi connectivity index (χ2n) is 13.4. The molecule has 3 aliphatic heterocycles. The number of hydrogen-bond donors (Lipinski definition) is 2. The maximum absolute atomic E-state index is 12.7. The van der Waals surface area contributed by atoms with Crippen LogP contribution in [0.5, 0.6) is 0 Å². The van der Waals surface area contributed by atoms with Crippen LogP contribution in [-0.2, 0) is 22.6 Å². The number of carbonyl (C=O) groups excluding carboxylic acids is 1. The van der Waals surface area contributed by atoms with Crippen LogP contribution in [0.4, 0.5) is 0 Å². The number of nitrogens with one attached hydrogen (secondary N) is 1. The number of ether oxygens (including phenoxy) is 2. The second-order valence-corrected chi connectivity index (χ2v) is 13.4. The van der Waals surface area contributed by atoms with Gasteiger partial charge in [-0.15, -0.1) is 0 Å². The SMILES string of the molecule is O=C(NCc1ccccc1-c1ccc(C2OC(CN3CCCC3CN3CCCC3)CC(c3ccc(CO)cc3)O2)cc1)c1cccnc1. The summed E-state index contributed by atoms with van der Waals surface area (Å²) in [7, 11) is 0.